The highest BCUT2D eigenvalue weighted by Gasteiger charge is 2.10. The lowest BCUT2D eigenvalue weighted by Crippen LogP contribution is -2.35. The number of nitrogens with zero attached hydrogens (tertiary/aromatic N) is 2. The topological polar surface area (TPSA) is 47.0 Å². The molecule has 1 aromatic heterocycles. The van der Waals surface area contributed by atoms with Gasteiger partial charge >= 0.3 is 0 Å². The van der Waals surface area contributed by atoms with Crippen LogP contribution in [0.25, 0.3) is 0 Å². The van der Waals surface area contributed by atoms with Gasteiger partial charge in [0.1, 0.15) is 5.75 Å². The Hall–Kier alpha value is -1.46. The Bertz CT molecular complexity index is 581. The van der Waals surface area contributed by atoms with Gasteiger partial charge in [-0.1, -0.05) is 12.1 Å². The first-order valence-electron chi connectivity index (χ1n) is 6.42. The largest absolute Gasteiger partial charge is 0.436 e. The van der Waals surface area contributed by atoms with E-state index in [9.17, 15) is 0 Å². The van der Waals surface area contributed by atoms with Gasteiger partial charge in [-0.05, 0) is 48.8 Å². The predicted molar refractivity (Wildman–Crippen MR) is 82.8 cm³/mol. The Morgan fingerprint density at radius 3 is 2.65 bits per heavy atom. The number of rotatable bonds is 4. The third-order valence-electron chi connectivity index (χ3n) is 2.51. The summed E-state index contributed by atoms with van der Waals surface area (Å²) < 4.78 is 6.62. The van der Waals surface area contributed by atoms with Gasteiger partial charge in [-0.3, -0.25) is 4.98 Å². The molecule has 1 N–H and O–H groups in total. The quantitative estimate of drug-likeness (QED) is 0.919. The summed E-state index contributed by atoms with van der Waals surface area (Å²) in [5.74, 6) is 1.22. The molecule has 1 aromatic carbocycles. The number of aromatic nitrogens is 2. The molecule has 0 unspecified atom stereocenters. The second kappa shape index (κ2) is 6.33. The van der Waals surface area contributed by atoms with E-state index in [0.29, 0.717) is 12.4 Å². The maximum Gasteiger partial charge on any atom is 0.238 e. The Labute approximate surface area is 127 Å². The monoisotopic (exact) mass is 335 g/mol. The van der Waals surface area contributed by atoms with Crippen molar-refractivity contribution in [2.75, 3.05) is 0 Å². The highest BCUT2D eigenvalue weighted by molar-refractivity contribution is 9.10. The number of halogens is 1. The van der Waals surface area contributed by atoms with Crippen molar-refractivity contribution in [1.29, 1.82) is 0 Å². The first kappa shape index (κ1) is 14.9. The zero-order chi connectivity index (χ0) is 14.6. The maximum absolute atomic E-state index is 5.73. The van der Waals surface area contributed by atoms with Crippen LogP contribution >= 0.6 is 15.9 Å². The SMILES string of the molecule is CC(C)(C)NCc1cncc(Oc2ccccc2Br)n1. The van der Waals surface area contributed by atoms with Crippen molar-refractivity contribution in [3.63, 3.8) is 0 Å². The van der Waals surface area contributed by atoms with Crippen molar-refractivity contribution in [1.82, 2.24) is 15.3 Å². The highest BCUT2D eigenvalue weighted by atomic mass is 79.9. The van der Waals surface area contributed by atoms with Gasteiger partial charge in [0.25, 0.3) is 0 Å². The molecule has 106 valence electrons. The third kappa shape index (κ3) is 4.58. The summed E-state index contributed by atoms with van der Waals surface area (Å²) in [7, 11) is 0. The van der Waals surface area contributed by atoms with E-state index in [1.807, 2.05) is 24.3 Å². The predicted octanol–water partition coefficient (Wildman–Crippen LogP) is 3.92. The molecule has 2 aromatic rings. The molecule has 0 saturated carbocycles. The van der Waals surface area contributed by atoms with Crippen LogP contribution in [0.5, 0.6) is 11.6 Å². The van der Waals surface area contributed by atoms with Crippen LogP contribution in [0.15, 0.2) is 41.1 Å². The minimum atomic E-state index is 0.0427. The highest BCUT2D eigenvalue weighted by Crippen LogP contribution is 2.27. The summed E-state index contributed by atoms with van der Waals surface area (Å²) >= 11 is 3.44. The first-order chi connectivity index (χ1) is 9.44. The first-order valence-corrected chi connectivity index (χ1v) is 7.22. The molecule has 0 saturated heterocycles. The molecule has 1 heterocycles. The second-order valence-corrected chi connectivity index (χ2v) is 6.34. The van der Waals surface area contributed by atoms with Gasteiger partial charge in [-0.2, -0.15) is 0 Å². The molecule has 0 aliphatic carbocycles. The summed E-state index contributed by atoms with van der Waals surface area (Å²) in [6.07, 6.45) is 3.35. The molecular formula is C15H18BrN3O. The van der Waals surface area contributed by atoms with Crippen molar-refractivity contribution < 1.29 is 4.74 Å². The number of para-hydroxylation sites is 1. The molecular weight excluding hydrogens is 318 g/mol. The summed E-state index contributed by atoms with van der Waals surface area (Å²) in [5, 5.41) is 3.37. The van der Waals surface area contributed by atoms with E-state index in [2.05, 4.69) is 52.0 Å². The zero-order valence-electron chi connectivity index (χ0n) is 11.9. The summed E-state index contributed by atoms with van der Waals surface area (Å²) in [6.45, 7) is 7.00. The summed E-state index contributed by atoms with van der Waals surface area (Å²) in [5.41, 5.74) is 0.894. The second-order valence-electron chi connectivity index (χ2n) is 5.48. The Morgan fingerprint density at radius 1 is 1.20 bits per heavy atom. The Balaban J connectivity index is 2.08. The van der Waals surface area contributed by atoms with Gasteiger partial charge in [-0.25, -0.2) is 4.98 Å². The van der Waals surface area contributed by atoms with E-state index in [4.69, 9.17) is 4.74 Å². The maximum atomic E-state index is 5.73. The van der Waals surface area contributed by atoms with Crippen LogP contribution in [-0.2, 0) is 6.54 Å². The van der Waals surface area contributed by atoms with Gasteiger partial charge in [0.05, 0.1) is 16.4 Å². The number of benzene rings is 1. The number of hydrogen-bond donors (Lipinski definition) is 1. The van der Waals surface area contributed by atoms with Crippen LogP contribution in [0.2, 0.25) is 0 Å². The number of ether oxygens (including phenoxy) is 1. The summed E-state index contributed by atoms with van der Waals surface area (Å²) in [6, 6.07) is 7.66. The van der Waals surface area contributed by atoms with Gasteiger partial charge < -0.3 is 10.1 Å². The molecule has 0 radical (unpaired) electrons. The molecule has 0 spiro atoms. The van der Waals surface area contributed by atoms with E-state index in [1.54, 1.807) is 12.4 Å². The molecule has 0 fully saturated rings. The lowest BCUT2D eigenvalue weighted by atomic mass is 10.1. The lowest BCUT2D eigenvalue weighted by molar-refractivity contribution is 0.414. The van der Waals surface area contributed by atoms with Crippen molar-refractivity contribution in [3.8, 4) is 11.6 Å². The van der Waals surface area contributed by atoms with E-state index in [0.717, 1.165) is 15.9 Å². The van der Waals surface area contributed by atoms with Crippen molar-refractivity contribution in [3.05, 3.63) is 46.8 Å². The standard InChI is InChI=1S/C15H18BrN3O/c1-15(2,3)18-9-11-8-17-10-14(19-11)20-13-7-5-4-6-12(13)16/h4-8,10,18H,9H2,1-3H3. The van der Waals surface area contributed by atoms with E-state index in [-0.39, 0.29) is 5.54 Å². The average Bonchev–Trinajstić information content (AvgIpc) is 2.39. The van der Waals surface area contributed by atoms with Crippen LogP contribution in [0.4, 0.5) is 0 Å². The molecule has 0 aliphatic heterocycles. The normalized spacial score (nSPS) is 11.4. The van der Waals surface area contributed by atoms with Crippen molar-refractivity contribution in [2.24, 2.45) is 0 Å². The minimum Gasteiger partial charge on any atom is -0.436 e. The Morgan fingerprint density at radius 2 is 1.95 bits per heavy atom. The number of nitrogens with one attached hydrogen (secondary N) is 1. The minimum absolute atomic E-state index is 0.0427. The van der Waals surface area contributed by atoms with Crippen LogP contribution in [0.1, 0.15) is 26.5 Å². The van der Waals surface area contributed by atoms with Crippen LogP contribution in [0.3, 0.4) is 0 Å². The zero-order valence-corrected chi connectivity index (χ0v) is 13.4. The van der Waals surface area contributed by atoms with E-state index in [1.165, 1.54) is 0 Å². The van der Waals surface area contributed by atoms with E-state index < -0.39 is 0 Å². The third-order valence-corrected chi connectivity index (χ3v) is 3.17. The number of hydrogen-bond acceptors (Lipinski definition) is 4. The molecule has 5 heteroatoms. The fourth-order valence-electron chi connectivity index (χ4n) is 1.52. The molecule has 4 nitrogen and oxygen atoms in total. The fourth-order valence-corrected chi connectivity index (χ4v) is 1.88. The average molecular weight is 336 g/mol. The molecule has 0 aliphatic rings. The molecule has 0 atom stereocenters. The smallest absolute Gasteiger partial charge is 0.238 e. The van der Waals surface area contributed by atoms with Gasteiger partial charge in [0.15, 0.2) is 0 Å². The Kier molecular flexibility index (Phi) is 4.73. The molecule has 0 amide bonds. The van der Waals surface area contributed by atoms with Crippen LogP contribution in [0, 0.1) is 0 Å². The fraction of sp³-hybridized carbons (Fsp3) is 0.333. The van der Waals surface area contributed by atoms with E-state index >= 15 is 0 Å². The van der Waals surface area contributed by atoms with Gasteiger partial charge in [0, 0.05) is 18.3 Å². The molecule has 0 bridgehead atoms. The van der Waals surface area contributed by atoms with Gasteiger partial charge in [-0.15, -0.1) is 0 Å². The van der Waals surface area contributed by atoms with Crippen molar-refractivity contribution >= 4 is 15.9 Å². The van der Waals surface area contributed by atoms with Gasteiger partial charge in [0.2, 0.25) is 5.88 Å². The lowest BCUT2D eigenvalue weighted by Gasteiger charge is -2.20. The molecule has 2 rings (SSSR count). The van der Waals surface area contributed by atoms with Crippen molar-refractivity contribution in [2.45, 2.75) is 32.9 Å². The van der Waals surface area contributed by atoms with Crippen LogP contribution < -0.4 is 10.1 Å². The van der Waals surface area contributed by atoms with Crippen LogP contribution in [-0.4, -0.2) is 15.5 Å². The molecule has 20 heavy (non-hydrogen) atoms. The summed E-state index contributed by atoms with van der Waals surface area (Å²) in [4.78, 5) is 8.61.